The maximum atomic E-state index is 13.9. The number of carbonyl (C=O) groups is 1. The molecule has 1 amide bonds. The minimum absolute atomic E-state index is 0.364. The lowest BCUT2D eigenvalue weighted by molar-refractivity contribution is 0.0736. The van der Waals surface area contributed by atoms with E-state index in [1.54, 1.807) is 0 Å². The number of aromatic nitrogens is 2. The van der Waals surface area contributed by atoms with E-state index in [4.69, 9.17) is 4.74 Å². The summed E-state index contributed by atoms with van der Waals surface area (Å²) in [5.41, 5.74) is -0.492. The summed E-state index contributed by atoms with van der Waals surface area (Å²) in [5.74, 6) is 0.0490. The van der Waals surface area contributed by atoms with E-state index < -0.39 is 23.1 Å². The molecule has 154 valence electrons. The first kappa shape index (κ1) is 19.5. The number of hydrogen-bond acceptors (Lipinski definition) is 6. The molecule has 2 aliphatic heterocycles. The Morgan fingerprint density at radius 2 is 1.48 bits per heavy atom. The summed E-state index contributed by atoms with van der Waals surface area (Å²) >= 11 is 0. The molecule has 29 heavy (non-hydrogen) atoms. The first-order valence-corrected chi connectivity index (χ1v) is 9.69. The summed E-state index contributed by atoms with van der Waals surface area (Å²) in [4.78, 5) is 27.4. The van der Waals surface area contributed by atoms with Crippen molar-refractivity contribution in [2.45, 2.75) is 6.92 Å². The van der Waals surface area contributed by atoms with Gasteiger partial charge in [-0.15, -0.1) is 0 Å². The number of piperazine rings is 1. The van der Waals surface area contributed by atoms with Gasteiger partial charge in [-0.2, -0.15) is 0 Å². The van der Waals surface area contributed by atoms with Crippen LogP contribution in [0.5, 0.6) is 0 Å². The Bertz CT molecular complexity index is 876. The van der Waals surface area contributed by atoms with E-state index in [1.807, 2.05) is 13.0 Å². The second kappa shape index (κ2) is 8.28. The minimum atomic E-state index is -0.834. The van der Waals surface area contributed by atoms with Crippen LogP contribution in [0.25, 0.3) is 0 Å². The smallest absolute Gasteiger partial charge is 0.259 e. The Morgan fingerprint density at radius 1 is 0.931 bits per heavy atom. The molecule has 4 rings (SSSR count). The molecule has 0 aliphatic carbocycles. The highest BCUT2D eigenvalue weighted by molar-refractivity contribution is 5.95. The molecule has 0 bridgehead atoms. The molecular weight excluding hydrogens is 380 g/mol. The first-order valence-electron chi connectivity index (χ1n) is 9.69. The Morgan fingerprint density at radius 3 is 2.07 bits per heavy atom. The van der Waals surface area contributed by atoms with Crippen molar-refractivity contribution in [3.05, 3.63) is 47.3 Å². The summed E-state index contributed by atoms with van der Waals surface area (Å²) < 4.78 is 33.3. The van der Waals surface area contributed by atoms with Crippen LogP contribution in [0.2, 0.25) is 0 Å². The van der Waals surface area contributed by atoms with E-state index in [1.165, 1.54) is 11.0 Å². The fourth-order valence-electron chi connectivity index (χ4n) is 3.65. The molecule has 1 aromatic carbocycles. The molecule has 0 spiro atoms. The van der Waals surface area contributed by atoms with Crippen molar-refractivity contribution in [2.24, 2.45) is 0 Å². The van der Waals surface area contributed by atoms with Crippen LogP contribution in [-0.2, 0) is 4.74 Å². The molecule has 3 heterocycles. The monoisotopic (exact) mass is 403 g/mol. The summed E-state index contributed by atoms with van der Waals surface area (Å²) in [6.07, 6.45) is 0. The molecule has 2 fully saturated rings. The van der Waals surface area contributed by atoms with Gasteiger partial charge in [0.2, 0.25) is 0 Å². The second-order valence-corrected chi connectivity index (χ2v) is 7.11. The molecule has 7 nitrogen and oxygen atoms in total. The molecule has 0 unspecified atom stereocenters. The van der Waals surface area contributed by atoms with Gasteiger partial charge in [0.05, 0.1) is 13.2 Å². The van der Waals surface area contributed by atoms with Crippen LogP contribution in [0.4, 0.5) is 20.4 Å². The van der Waals surface area contributed by atoms with Crippen LogP contribution < -0.4 is 9.80 Å². The quantitative estimate of drug-likeness (QED) is 0.780. The Hall–Kier alpha value is -2.81. The van der Waals surface area contributed by atoms with Crippen molar-refractivity contribution in [1.29, 1.82) is 0 Å². The number of carbonyl (C=O) groups excluding carboxylic acids is 1. The molecule has 0 N–H and O–H groups in total. The number of rotatable bonds is 3. The fraction of sp³-hybridized carbons (Fsp3) is 0.450. The van der Waals surface area contributed by atoms with Gasteiger partial charge in [0, 0.05) is 45.3 Å². The van der Waals surface area contributed by atoms with Gasteiger partial charge < -0.3 is 19.4 Å². The average molecular weight is 403 g/mol. The molecule has 2 saturated heterocycles. The molecule has 0 atom stereocenters. The van der Waals surface area contributed by atoms with Crippen LogP contribution >= 0.6 is 0 Å². The highest BCUT2D eigenvalue weighted by atomic mass is 19.1. The van der Waals surface area contributed by atoms with E-state index in [2.05, 4.69) is 19.8 Å². The number of halogens is 2. The third kappa shape index (κ3) is 4.14. The van der Waals surface area contributed by atoms with Gasteiger partial charge in [-0.3, -0.25) is 4.79 Å². The lowest BCUT2D eigenvalue weighted by Gasteiger charge is -2.36. The molecular formula is C20H23F2N5O2. The van der Waals surface area contributed by atoms with Crippen molar-refractivity contribution < 1.29 is 18.3 Å². The summed E-state index contributed by atoms with van der Waals surface area (Å²) in [6, 6.07) is 5.40. The third-order valence-corrected chi connectivity index (χ3v) is 5.21. The lowest BCUT2D eigenvalue weighted by atomic mass is 10.1. The summed E-state index contributed by atoms with van der Waals surface area (Å²) in [6.45, 7) is 6.55. The van der Waals surface area contributed by atoms with Gasteiger partial charge in [-0.25, -0.2) is 18.7 Å². The number of nitrogens with zero attached hydrogens (tertiary/aromatic N) is 5. The maximum Gasteiger partial charge on any atom is 0.259 e. The van der Waals surface area contributed by atoms with E-state index in [0.717, 1.165) is 36.9 Å². The number of amides is 1. The Kier molecular flexibility index (Phi) is 5.57. The van der Waals surface area contributed by atoms with Gasteiger partial charge in [-0.1, -0.05) is 6.07 Å². The maximum absolute atomic E-state index is 13.9. The summed E-state index contributed by atoms with van der Waals surface area (Å²) in [7, 11) is 0. The number of hydrogen-bond donors (Lipinski definition) is 0. The number of ether oxygens (including phenoxy) is 1. The molecule has 1 aromatic heterocycles. The van der Waals surface area contributed by atoms with Gasteiger partial charge in [0.1, 0.15) is 34.7 Å². The largest absolute Gasteiger partial charge is 0.378 e. The molecule has 2 aliphatic rings. The lowest BCUT2D eigenvalue weighted by Crippen LogP contribution is -2.49. The van der Waals surface area contributed by atoms with E-state index >= 15 is 0 Å². The van der Waals surface area contributed by atoms with Crippen LogP contribution in [0.15, 0.2) is 24.3 Å². The van der Waals surface area contributed by atoms with Crippen molar-refractivity contribution in [3.8, 4) is 0 Å². The van der Waals surface area contributed by atoms with E-state index in [0.29, 0.717) is 45.2 Å². The van der Waals surface area contributed by atoms with Gasteiger partial charge in [0.15, 0.2) is 0 Å². The molecule has 0 saturated carbocycles. The number of benzene rings is 1. The first-order chi connectivity index (χ1) is 14.0. The van der Waals surface area contributed by atoms with Crippen LogP contribution in [0.1, 0.15) is 16.2 Å². The molecule has 2 aromatic rings. The van der Waals surface area contributed by atoms with Crippen LogP contribution in [-0.4, -0.2) is 73.3 Å². The zero-order valence-corrected chi connectivity index (χ0v) is 16.3. The van der Waals surface area contributed by atoms with Crippen molar-refractivity contribution >= 4 is 17.5 Å². The zero-order chi connectivity index (χ0) is 20.4. The van der Waals surface area contributed by atoms with Crippen LogP contribution in [0.3, 0.4) is 0 Å². The van der Waals surface area contributed by atoms with Crippen molar-refractivity contribution in [3.63, 3.8) is 0 Å². The highest BCUT2D eigenvalue weighted by Gasteiger charge is 2.27. The van der Waals surface area contributed by atoms with E-state index in [-0.39, 0.29) is 0 Å². The number of morpholine rings is 1. The average Bonchev–Trinajstić information content (AvgIpc) is 2.74. The second-order valence-electron chi connectivity index (χ2n) is 7.11. The van der Waals surface area contributed by atoms with Gasteiger partial charge in [-0.05, 0) is 19.1 Å². The third-order valence-electron chi connectivity index (χ3n) is 5.21. The standard InChI is InChI=1S/C20H23F2N5O2/c1-14-23-17(13-18(24-14)26-9-11-29-12-10-26)25-5-7-27(8-6-25)20(28)19-15(21)3-2-4-16(19)22/h2-4,13H,5-12H2,1H3. The Labute approximate surface area is 167 Å². The topological polar surface area (TPSA) is 61.8 Å². The Balaban J connectivity index is 1.46. The predicted molar refractivity (Wildman–Crippen MR) is 104 cm³/mol. The SMILES string of the molecule is Cc1nc(N2CCOCC2)cc(N2CCN(C(=O)c3c(F)cccc3F)CC2)n1. The molecule has 9 heteroatoms. The molecule has 0 radical (unpaired) electrons. The number of aryl methyl sites for hydroxylation is 1. The van der Waals surface area contributed by atoms with Gasteiger partial charge >= 0.3 is 0 Å². The minimum Gasteiger partial charge on any atom is -0.378 e. The van der Waals surface area contributed by atoms with Crippen LogP contribution in [0, 0.1) is 18.6 Å². The van der Waals surface area contributed by atoms with Gasteiger partial charge in [0.25, 0.3) is 5.91 Å². The van der Waals surface area contributed by atoms with Crippen molar-refractivity contribution in [1.82, 2.24) is 14.9 Å². The number of anilines is 2. The highest BCUT2D eigenvalue weighted by Crippen LogP contribution is 2.22. The normalized spacial score (nSPS) is 17.6. The summed E-state index contributed by atoms with van der Waals surface area (Å²) in [5, 5.41) is 0. The van der Waals surface area contributed by atoms with E-state index in [9.17, 15) is 13.6 Å². The predicted octanol–water partition coefficient (Wildman–Crippen LogP) is 1.86. The zero-order valence-electron chi connectivity index (χ0n) is 16.3. The van der Waals surface area contributed by atoms with Crippen molar-refractivity contribution in [2.75, 3.05) is 62.3 Å². The fourth-order valence-corrected chi connectivity index (χ4v) is 3.65.